The monoisotopic (exact) mass is 280 g/mol. The lowest BCUT2D eigenvalue weighted by atomic mass is 10.0. The van der Waals surface area contributed by atoms with E-state index in [4.69, 9.17) is 0 Å². The van der Waals surface area contributed by atoms with Gasteiger partial charge in [-0.2, -0.15) is 0 Å². The van der Waals surface area contributed by atoms with Gasteiger partial charge in [-0.1, -0.05) is 0 Å². The van der Waals surface area contributed by atoms with Crippen LogP contribution in [-0.4, -0.2) is 74.0 Å². The molecule has 0 spiro atoms. The molecule has 2 amide bonds. The summed E-state index contributed by atoms with van der Waals surface area (Å²) in [5.74, 6) is 1.41. The predicted octanol–water partition coefficient (Wildman–Crippen LogP) is -1.13. The second kappa shape index (κ2) is 5.69. The number of rotatable bonds is 5. The molecule has 3 rings (SSSR count). The molecule has 20 heavy (non-hydrogen) atoms. The Bertz CT molecular complexity index is 385. The molecule has 1 aliphatic carbocycles. The van der Waals surface area contributed by atoms with Crippen LogP contribution in [0.25, 0.3) is 0 Å². The van der Waals surface area contributed by atoms with Gasteiger partial charge in [0, 0.05) is 26.2 Å². The Balaban J connectivity index is 1.40. The van der Waals surface area contributed by atoms with Crippen LogP contribution in [0.2, 0.25) is 0 Å². The van der Waals surface area contributed by atoms with Gasteiger partial charge in [0.05, 0.1) is 13.1 Å². The third-order valence-corrected chi connectivity index (χ3v) is 4.57. The smallest absolute Gasteiger partial charge is 0.239 e. The van der Waals surface area contributed by atoms with E-state index in [1.165, 1.54) is 0 Å². The molecule has 2 aliphatic heterocycles. The Morgan fingerprint density at radius 2 is 1.90 bits per heavy atom. The Labute approximate surface area is 119 Å². The molecule has 1 saturated carbocycles. The van der Waals surface area contributed by atoms with Crippen LogP contribution in [-0.2, 0) is 9.59 Å². The molecule has 0 radical (unpaired) electrons. The molecular weight excluding hydrogens is 256 g/mol. The fourth-order valence-corrected chi connectivity index (χ4v) is 3.20. The number of nitrogens with zero attached hydrogens (tertiary/aromatic N) is 2. The quantitative estimate of drug-likeness (QED) is 0.669. The first kappa shape index (κ1) is 13.8. The lowest BCUT2D eigenvalue weighted by Crippen LogP contribution is -2.43. The van der Waals surface area contributed by atoms with Crippen molar-refractivity contribution in [3.8, 4) is 0 Å². The van der Waals surface area contributed by atoms with E-state index in [1.807, 2.05) is 0 Å². The molecule has 2 atom stereocenters. The minimum Gasteiger partial charge on any atom is -0.352 e. The summed E-state index contributed by atoms with van der Waals surface area (Å²) in [6, 6.07) is 0.358. The number of amides is 2. The highest BCUT2D eigenvalue weighted by Crippen LogP contribution is 2.25. The summed E-state index contributed by atoms with van der Waals surface area (Å²) in [5.41, 5.74) is 0. The molecule has 6 nitrogen and oxygen atoms in total. The van der Waals surface area contributed by atoms with E-state index in [9.17, 15) is 9.59 Å². The van der Waals surface area contributed by atoms with Crippen LogP contribution in [0.15, 0.2) is 0 Å². The molecule has 6 heteroatoms. The Morgan fingerprint density at radius 3 is 2.50 bits per heavy atom. The van der Waals surface area contributed by atoms with Gasteiger partial charge in [0.1, 0.15) is 0 Å². The highest BCUT2D eigenvalue weighted by molar-refractivity contribution is 5.85. The fraction of sp³-hybridized carbons (Fsp3) is 0.857. The molecule has 0 bridgehead atoms. The summed E-state index contributed by atoms with van der Waals surface area (Å²) in [4.78, 5) is 27.6. The van der Waals surface area contributed by atoms with Crippen molar-refractivity contribution >= 4 is 11.8 Å². The SMILES string of the molecule is CN(CC(=O)NC1CC1)C(=O)CN1C[C@H]2CNC[C@H]2C1. The normalized spacial score (nSPS) is 29.2. The van der Waals surface area contributed by atoms with E-state index in [2.05, 4.69) is 15.5 Å². The standard InChI is InChI=1S/C14H24N4O2/c1-17(8-13(19)16-12-2-3-12)14(20)9-18-6-10-4-15-5-11(10)7-18/h10-12,15H,2-9H2,1H3,(H,16,19)/t10-,11+. The first-order chi connectivity index (χ1) is 9.61. The molecule has 2 heterocycles. The number of carbonyl (C=O) groups excluding carboxylic acids is 2. The van der Waals surface area contributed by atoms with E-state index < -0.39 is 0 Å². The molecule has 3 aliphatic rings. The molecule has 2 N–H and O–H groups in total. The van der Waals surface area contributed by atoms with E-state index in [-0.39, 0.29) is 18.4 Å². The minimum atomic E-state index is -0.0363. The lowest BCUT2D eigenvalue weighted by Gasteiger charge is -2.21. The second-order valence-corrected chi connectivity index (χ2v) is 6.46. The summed E-state index contributed by atoms with van der Waals surface area (Å²) in [7, 11) is 1.72. The molecule has 0 aromatic heterocycles. The minimum absolute atomic E-state index is 0.0363. The summed E-state index contributed by atoms with van der Waals surface area (Å²) >= 11 is 0. The van der Waals surface area contributed by atoms with Crippen LogP contribution in [0.4, 0.5) is 0 Å². The van der Waals surface area contributed by atoms with E-state index in [0.29, 0.717) is 24.4 Å². The van der Waals surface area contributed by atoms with E-state index in [0.717, 1.165) is 39.0 Å². The zero-order valence-corrected chi connectivity index (χ0v) is 12.1. The van der Waals surface area contributed by atoms with Crippen LogP contribution in [0, 0.1) is 11.8 Å². The number of carbonyl (C=O) groups is 2. The van der Waals surface area contributed by atoms with Gasteiger partial charge in [0.2, 0.25) is 11.8 Å². The molecule has 0 unspecified atom stereocenters. The Kier molecular flexibility index (Phi) is 3.94. The highest BCUT2D eigenvalue weighted by Gasteiger charge is 2.36. The number of hydrogen-bond acceptors (Lipinski definition) is 4. The van der Waals surface area contributed by atoms with Crippen molar-refractivity contribution in [2.75, 3.05) is 46.3 Å². The van der Waals surface area contributed by atoms with Crippen molar-refractivity contribution in [2.45, 2.75) is 18.9 Å². The maximum absolute atomic E-state index is 12.1. The zero-order valence-electron chi connectivity index (χ0n) is 12.1. The summed E-state index contributed by atoms with van der Waals surface area (Å²) in [5, 5.41) is 6.31. The summed E-state index contributed by atoms with van der Waals surface area (Å²) in [6.07, 6.45) is 2.15. The first-order valence-electron chi connectivity index (χ1n) is 7.58. The molecule has 2 saturated heterocycles. The van der Waals surface area contributed by atoms with Crippen molar-refractivity contribution in [1.82, 2.24) is 20.4 Å². The van der Waals surface area contributed by atoms with Crippen molar-refractivity contribution < 1.29 is 9.59 Å². The first-order valence-corrected chi connectivity index (χ1v) is 7.58. The average Bonchev–Trinajstić information content (AvgIpc) is 2.94. The number of fused-ring (bicyclic) bond motifs is 1. The van der Waals surface area contributed by atoms with Crippen LogP contribution < -0.4 is 10.6 Å². The topological polar surface area (TPSA) is 64.7 Å². The lowest BCUT2D eigenvalue weighted by molar-refractivity contribution is -0.135. The van der Waals surface area contributed by atoms with Crippen LogP contribution in [0.5, 0.6) is 0 Å². The molecule has 3 fully saturated rings. The Morgan fingerprint density at radius 1 is 1.25 bits per heavy atom. The fourth-order valence-electron chi connectivity index (χ4n) is 3.20. The summed E-state index contributed by atoms with van der Waals surface area (Å²) in [6.45, 7) is 4.79. The largest absolute Gasteiger partial charge is 0.352 e. The third kappa shape index (κ3) is 3.30. The molecule has 0 aromatic rings. The maximum atomic E-state index is 12.1. The molecular formula is C14H24N4O2. The van der Waals surface area contributed by atoms with Crippen LogP contribution >= 0.6 is 0 Å². The van der Waals surface area contributed by atoms with Gasteiger partial charge in [0.25, 0.3) is 0 Å². The van der Waals surface area contributed by atoms with Gasteiger partial charge >= 0.3 is 0 Å². The average molecular weight is 280 g/mol. The van der Waals surface area contributed by atoms with Gasteiger partial charge in [-0.3, -0.25) is 14.5 Å². The van der Waals surface area contributed by atoms with Gasteiger partial charge in [-0.05, 0) is 37.8 Å². The van der Waals surface area contributed by atoms with E-state index in [1.54, 1.807) is 11.9 Å². The number of likely N-dealkylation sites (N-methyl/N-ethyl adjacent to an activating group) is 1. The van der Waals surface area contributed by atoms with E-state index >= 15 is 0 Å². The van der Waals surface area contributed by atoms with Crippen molar-refractivity contribution in [1.29, 1.82) is 0 Å². The van der Waals surface area contributed by atoms with Gasteiger partial charge in [-0.15, -0.1) is 0 Å². The van der Waals surface area contributed by atoms with Gasteiger partial charge < -0.3 is 15.5 Å². The van der Waals surface area contributed by atoms with Crippen molar-refractivity contribution in [2.24, 2.45) is 11.8 Å². The number of nitrogens with one attached hydrogen (secondary N) is 2. The van der Waals surface area contributed by atoms with Crippen LogP contribution in [0.1, 0.15) is 12.8 Å². The number of likely N-dealkylation sites (tertiary alicyclic amines) is 1. The Hall–Kier alpha value is -1.14. The highest BCUT2D eigenvalue weighted by atomic mass is 16.2. The van der Waals surface area contributed by atoms with Gasteiger partial charge in [0.15, 0.2) is 0 Å². The van der Waals surface area contributed by atoms with Gasteiger partial charge in [-0.25, -0.2) is 0 Å². The van der Waals surface area contributed by atoms with Crippen molar-refractivity contribution in [3.63, 3.8) is 0 Å². The van der Waals surface area contributed by atoms with Crippen LogP contribution in [0.3, 0.4) is 0 Å². The zero-order chi connectivity index (χ0) is 14.1. The maximum Gasteiger partial charge on any atom is 0.239 e. The summed E-state index contributed by atoms with van der Waals surface area (Å²) < 4.78 is 0. The molecule has 0 aromatic carbocycles. The second-order valence-electron chi connectivity index (χ2n) is 6.46. The predicted molar refractivity (Wildman–Crippen MR) is 75.1 cm³/mol. The third-order valence-electron chi connectivity index (χ3n) is 4.57. The number of hydrogen-bond donors (Lipinski definition) is 2. The van der Waals surface area contributed by atoms with Crippen molar-refractivity contribution in [3.05, 3.63) is 0 Å². The molecule has 112 valence electrons.